The van der Waals surface area contributed by atoms with E-state index in [2.05, 4.69) is 33.3 Å². The maximum Gasteiger partial charge on any atom is 0.231 e. The second-order valence-electron chi connectivity index (χ2n) is 8.45. The largest absolute Gasteiger partial charge is 0.352 e. The number of hydrogen-bond acceptors (Lipinski definition) is 6. The van der Waals surface area contributed by atoms with Crippen LogP contribution in [0.4, 0.5) is 5.82 Å². The number of fused-ring (bicyclic) bond motifs is 1. The van der Waals surface area contributed by atoms with Crippen molar-refractivity contribution in [1.29, 1.82) is 0 Å². The molecule has 3 unspecified atom stereocenters. The van der Waals surface area contributed by atoms with Gasteiger partial charge in [-0.2, -0.15) is 0 Å². The minimum atomic E-state index is -0.159. The lowest BCUT2D eigenvalue weighted by Gasteiger charge is -2.37. The van der Waals surface area contributed by atoms with Gasteiger partial charge >= 0.3 is 0 Å². The van der Waals surface area contributed by atoms with E-state index in [9.17, 15) is 4.79 Å². The molecule has 4 heterocycles. The van der Waals surface area contributed by atoms with Crippen molar-refractivity contribution in [3.8, 4) is 0 Å². The Hall–Kier alpha value is -2.09. The van der Waals surface area contributed by atoms with Crippen LogP contribution in [0.2, 0.25) is 5.02 Å². The second-order valence-corrected chi connectivity index (χ2v) is 9.96. The van der Waals surface area contributed by atoms with Crippen LogP contribution in [-0.4, -0.2) is 71.0 Å². The van der Waals surface area contributed by atoms with Gasteiger partial charge in [0.2, 0.25) is 5.91 Å². The van der Waals surface area contributed by atoms with Crippen molar-refractivity contribution in [2.45, 2.75) is 24.6 Å². The van der Waals surface area contributed by atoms with Crippen molar-refractivity contribution in [3.63, 3.8) is 0 Å². The molecular weight excluding hydrogens is 430 g/mol. The fourth-order valence-electron chi connectivity index (χ4n) is 4.44. The van der Waals surface area contributed by atoms with Crippen LogP contribution >= 0.6 is 23.4 Å². The molecule has 0 spiro atoms. The molecule has 3 atom stereocenters. The first-order chi connectivity index (χ1) is 15.0. The molecule has 1 aromatic heterocycles. The van der Waals surface area contributed by atoms with Crippen molar-refractivity contribution in [1.82, 2.24) is 19.8 Å². The number of piperazine rings is 1. The van der Waals surface area contributed by atoms with E-state index in [0.717, 1.165) is 59.5 Å². The lowest BCUT2D eigenvalue weighted by Crippen LogP contribution is -2.51. The zero-order valence-corrected chi connectivity index (χ0v) is 19.2. The van der Waals surface area contributed by atoms with Gasteiger partial charge in [0.25, 0.3) is 0 Å². The normalized spacial score (nSPS) is 23.6. The minimum Gasteiger partial charge on any atom is -0.352 e. The molecule has 5 rings (SSSR count). The molecule has 8 heteroatoms. The molecular formula is C23H26ClN5OS. The Labute approximate surface area is 192 Å². The first-order valence-corrected chi connectivity index (χ1v) is 12.1. The summed E-state index contributed by atoms with van der Waals surface area (Å²) in [6, 6.07) is 8.29. The van der Waals surface area contributed by atoms with Gasteiger partial charge in [-0.3, -0.25) is 9.69 Å². The Morgan fingerprint density at radius 2 is 1.94 bits per heavy atom. The fourth-order valence-corrected chi connectivity index (χ4v) is 5.44. The first-order valence-electron chi connectivity index (χ1n) is 10.7. The number of aromatic nitrogens is 2. The number of nitrogens with zero attached hydrogens (tertiary/aromatic N) is 5. The van der Waals surface area contributed by atoms with Gasteiger partial charge in [-0.25, -0.2) is 9.97 Å². The Morgan fingerprint density at radius 1 is 1.23 bits per heavy atom. The number of thioether (sulfide) groups is 1. The van der Waals surface area contributed by atoms with Crippen molar-refractivity contribution in [2.75, 3.05) is 44.2 Å². The van der Waals surface area contributed by atoms with Gasteiger partial charge in [0.1, 0.15) is 12.1 Å². The predicted octanol–water partition coefficient (Wildman–Crippen LogP) is 3.48. The first kappa shape index (κ1) is 20.8. The van der Waals surface area contributed by atoms with Crippen molar-refractivity contribution in [3.05, 3.63) is 59.0 Å². The maximum atomic E-state index is 13.5. The topological polar surface area (TPSA) is 52.3 Å². The van der Waals surface area contributed by atoms with Gasteiger partial charge in [0.05, 0.1) is 17.2 Å². The number of anilines is 1. The third-order valence-electron chi connectivity index (χ3n) is 6.43. The third kappa shape index (κ3) is 4.19. The zero-order valence-electron chi connectivity index (χ0n) is 17.6. The Morgan fingerprint density at radius 3 is 2.61 bits per heavy atom. The molecule has 0 radical (unpaired) electrons. The van der Waals surface area contributed by atoms with Crippen molar-refractivity contribution < 1.29 is 4.79 Å². The summed E-state index contributed by atoms with van der Waals surface area (Å²) in [5.41, 5.74) is 3.19. The molecule has 2 saturated heterocycles. The minimum absolute atomic E-state index is 0.159. The van der Waals surface area contributed by atoms with E-state index in [4.69, 9.17) is 11.6 Å². The number of benzene rings is 1. The fraction of sp³-hybridized carbons (Fsp3) is 0.435. The number of carbonyl (C=O) groups is 1. The van der Waals surface area contributed by atoms with Crippen LogP contribution in [-0.2, 0) is 10.5 Å². The highest BCUT2D eigenvalue weighted by Gasteiger charge is 2.37. The monoisotopic (exact) mass is 455 g/mol. The summed E-state index contributed by atoms with van der Waals surface area (Å²) in [6.07, 6.45) is 1.65. The smallest absolute Gasteiger partial charge is 0.231 e. The standard InChI is InChI=1S/C23H26ClN5OS/c1-15-11-29(15)12-19(17-3-5-18(24)6-4-17)23(30)28-9-7-27(8-10-28)22-21-16(2)31-13-20(21)25-14-26-22/h3-6,14-15,19H,2,7-13H2,1H3. The maximum absolute atomic E-state index is 13.5. The highest BCUT2D eigenvalue weighted by atomic mass is 35.5. The van der Waals surface area contributed by atoms with Gasteiger partial charge in [0, 0.05) is 61.0 Å². The number of hydrogen-bond donors (Lipinski definition) is 0. The summed E-state index contributed by atoms with van der Waals surface area (Å²) >= 11 is 7.80. The molecule has 0 bridgehead atoms. The molecule has 0 N–H and O–H groups in total. The quantitative estimate of drug-likeness (QED) is 0.643. The molecule has 2 aromatic rings. The average Bonchev–Trinajstić information content (AvgIpc) is 3.36. The summed E-state index contributed by atoms with van der Waals surface area (Å²) < 4.78 is 0. The van der Waals surface area contributed by atoms with Gasteiger partial charge in [-0.05, 0) is 24.6 Å². The van der Waals surface area contributed by atoms with Crippen molar-refractivity contribution in [2.24, 2.45) is 0 Å². The molecule has 3 aliphatic heterocycles. The molecule has 31 heavy (non-hydrogen) atoms. The molecule has 3 aliphatic rings. The lowest BCUT2D eigenvalue weighted by atomic mass is 9.97. The van der Waals surface area contributed by atoms with E-state index in [0.29, 0.717) is 24.2 Å². The van der Waals surface area contributed by atoms with Crippen LogP contribution in [0.25, 0.3) is 4.91 Å². The second kappa shape index (κ2) is 8.45. The van der Waals surface area contributed by atoms with Gasteiger partial charge in [0.15, 0.2) is 0 Å². The highest BCUT2D eigenvalue weighted by Crippen LogP contribution is 2.42. The van der Waals surface area contributed by atoms with Crippen LogP contribution in [0.15, 0.2) is 37.2 Å². The van der Waals surface area contributed by atoms with Crippen molar-refractivity contribution >= 4 is 40.0 Å². The number of rotatable bonds is 5. The lowest BCUT2D eigenvalue weighted by molar-refractivity contribution is -0.133. The number of halogens is 1. The van der Waals surface area contributed by atoms with E-state index >= 15 is 0 Å². The van der Waals surface area contributed by atoms with Gasteiger partial charge in [-0.1, -0.05) is 30.3 Å². The summed E-state index contributed by atoms with van der Waals surface area (Å²) in [5, 5.41) is 0.695. The molecule has 1 aromatic carbocycles. The summed E-state index contributed by atoms with van der Waals surface area (Å²) in [4.78, 5) is 30.2. The molecule has 1 amide bonds. The van der Waals surface area contributed by atoms with E-state index in [1.807, 2.05) is 29.2 Å². The average molecular weight is 456 g/mol. The van der Waals surface area contributed by atoms with E-state index in [1.54, 1.807) is 18.1 Å². The Balaban J connectivity index is 1.30. The summed E-state index contributed by atoms with van der Waals surface area (Å²) in [7, 11) is 0. The zero-order chi connectivity index (χ0) is 21.5. The van der Waals surface area contributed by atoms with E-state index in [-0.39, 0.29) is 11.8 Å². The third-order valence-corrected chi connectivity index (χ3v) is 7.66. The van der Waals surface area contributed by atoms with E-state index < -0.39 is 0 Å². The SMILES string of the molecule is C=C1SCc2ncnc(N3CCN(C(=O)C(CN4CC4C)c4ccc(Cl)cc4)CC3)c21. The van der Waals surface area contributed by atoms with Gasteiger partial charge in [-0.15, -0.1) is 11.8 Å². The highest BCUT2D eigenvalue weighted by molar-refractivity contribution is 8.08. The van der Waals surface area contributed by atoms with Gasteiger partial charge < -0.3 is 9.80 Å². The summed E-state index contributed by atoms with van der Waals surface area (Å²) in [5.74, 6) is 1.86. The molecule has 2 fully saturated rings. The van der Waals surface area contributed by atoms with E-state index in [1.165, 1.54) is 0 Å². The molecule has 6 nitrogen and oxygen atoms in total. The predicted molar refractivity (Wildman–Crippen MR) is 126 cm³/mol. The van der Waals surface area contributed by atoms with Crippen LogP contribution in [0.1, 0.15) is 29.7 Å². The Kier molecular flexibility index (Phi) is 5.67. The molecule has 162 valence electrons. The molecule has 0 saturated carbocycles. The van der Waals surface area contributed by atoms with Crippen LogP contribution in [0.3, 0.4) is 0 Å². The van der Waals surface area contributed by atoms with Crippen LogP contribution in [0.5, 0.6) is 0 Å². The number of amides is 1. The summed E-state index contributed by atoms with van der Waals surface area (Å²) in [6.45, 7) is 11.1. The van der Waals surface area contributed by atoms with Crippen LogP contribution in [0, 0.1) is 0 Å². The number of carbonyl (C=O) groups excluding carboxylic acids is 1. The Bertz CT molecular complexity index is 1010. The van der Waals surface area contributed by atoms with Crippen LogP contribution < -0.4 is 4.90 Å². The molecule has 0 aliphatic carbocycles.